The molecule has 0 saturated carbocycles. The molecule has 6 heteroatoms. The van der Waals surface area contributed by atoms with E-state index in [4.69, 9.17) is 9.26 Å². The van der Waals surface area contributed by atoms with Crippen molar-refractivity contribution in [2.75, 3.05) is 13.7 Å². The molecule has 2 heterocycles. The van der Waals surface area contributed by atoms with Gasteiger partial charge in [0.05, 0.1) is 18.2 Å². The lowest BCUT2D eigenvalue weighted by Crippen LogP contribution is -2.42. The molecule has 1 aliphatic rings. The molecular formula is C22H23N3O3. The molecular weight excluding hydrogens is 354 g/mol. The number of piperidine rings is 1. The van der Waals surface area contributed by atoms with Gasteiger partial charge in [0.15, 0.2) is 0 Å². The first kappa shape index (κ1) is 18.2. The van der Waals surface area contributed by atoms with Gasteiger partial charge in [-0.2, -0.15) is 4.98 Å². The Morgan fingerprint density at radius 2 is 1.93 bits per heavy atom. The summed E-state index contributed by atoms with van der Waals surface area (Å²) >= 11 is 0. The highest BCUT2D eigenvalue weighted by atomic mass is 16.5. The minimum atomic E-state index is 0.0204. The monoisotopic (exact) mass is 377 g/mol. The van der Waals surface area contributed by atoms with E-state index in [1.54, 1.807) is 7.11 Å². The Morgan fingerprint density at radius 3 is 2.68 bits per heavy atom. The number of hydrogen-bond acceptors (Lipinski definition) is 5. The second kappa shape index (κ2) is 7.84. The summed E-state index contributed by atoms with van der Waals surface area (Å²) in [7, 11) is 1.62. The number of methoxy groups -OCH3 is 1. The number of rotatable bonds is 4. The minimum absolute atomic E-state index is 0.0204. The molecule has 0 bridgehead atoms. The Bertz CT molecular complexity index is 965. The van der Waals surface area contributed by atoms with Crippen LogP contribution in [0.15, 0.2) is 53.1 Å². The minimum Gasteiger partial charge on any atom is -0.497 e. The van der Waals surface area contributed by atoms with Gasteiger partial charge in [0.2, 0.25) is 5.82 Å². The quantitative estimate of drug-likeness (QED) is 0.673. The summed E-state index contributed by atoms with van der Waals surface area (Å²) in [6, 6.07) is 15.1. The summed E-state index contributed by atoms with van der Waals surface area (Å²) in [6.07, 6.45) is 3.25. The van der Waals surface area contributed by atoms with Gasteiger partial charge in [-0.25, -0.2) is 0 Å². The van der Waals surface area contributed by atoms with Crippen molar-refractivity contribution in [2.45, 2.75) is 32.2 Å². The second-order valence-corrected chi connectivity index (χ2v) is 7.04. The van der Waals surface area contributed by atoms with E-state index < -0.39 is 0 Å². The highest BCUT2D eigenvalue weighted by molar-refractivity contribution is 6.00. The van der Waals surface area contributed by atoms with Gasteiger partial charge in [0.25, 0.3) is 11.8 Å². The summed E-state index contributed by atoms with van der Waals surface area (Å²) in [4.78, 5) is 19.6. The maximum absolute atomic E-state index is 13.2. The molecule has 6 nitrogen and oxygen atoms in total. The van der Waals surface area contributed by atoms with Gasteiger partial charge in [-0.15, -0.1) is 0 Å². The molecule has 4 rings (SSSR count). The zero-order chi connectivity index (χ0) is 19.5. The smallest absolute Gasteiger partial charge is 0.259 e. The van der Waals surface area contributed by atoms with Gasteiger partial charge in [-0.1, -0.05) is 17.3 Å². The molecule has 1 atom stereocenters. The van der Waals surface area contributed by atoms with Crippen molar-refractivity contribution in [1.29, 1.82) is 0 Å². The Hall–Kier alpha value is -3.15. The van der Waals surface area contributed by atoms with Crippen LogP contribution in [-0.4, -0.2) is 40.6 Å². The standard InChI is InChI=1S/C22H23N3O3/c1-15-7-5-6-14-25(15)22(26)19-9-4-3-8-18(19)21-23-20(24-28-21)16-10-12-17(27-2)13-11-16/h3-4,8-13,15H,5-7,14H2,1-2H3/t15-/m0/s1. The number of aromatic nitrogens is 2. The van der Waals surface area contributed by atoms with Crippen LogP contribution >= 0.6 is 0 Å². The van der Waals surface area contributed by atoms with E-state index in [9.17, 15) is 4.79 Å². The van der Waals surface area contributed by atoms with Crippen LogP contribution in [-0.2, 0) is 0 Å². The van der Waals surface area contributed by atoms with Gasteiger partial charge in [0, 0.05) is 18.2 Å². The van der Waals surface area contributed by atoms with Crippen LogP contribution in [0.3, 0.4) is 0 Å². The summed E-state index contributed by atoms with van der Waals surface area (Å²) in [5, 5.41) is 4.09. The van der Waals surface area contributed by atoms with E-state index >= 15 is 0 Å². The van der Waals surface area contributed by atoms with Crippen LogP contribution in [0, 0.1) is 0 Å². The van der Waals surface area contributed by atoms with Crippen molar-refractivity contribution < 1.29 is 14.1 Å². The van der Waals surface area contributed by atoms with Gasteiger partial charge in [-0.3, -0.25) is 4.79 Å². The molecule has 1 aliphatic heterocycles. The number of nitrogens with zero attached hydrogens (tertiary/aromatic N) is 3. The average molecular weight is 377 g/mol. The number of hydrogen-bond donors (Lipinski definition) is 0. The summed E-state index contributed by atoms with van der Waals surface area (Å²) < 4.78 is 10.7. The first-order valence-corrected chi connectivity index (χ1v) is 9.56. The molecule has 1 saturated heterocycles. The summed E-state index contributed by atoms with van der Waals surface area (Å²) in [5.74, 6) is 1.61. The van der Waals surface area contributed by atoms with Crippen LogP contribution in [0.25, 0.3) is 22.8 Å². The number of carbonyl (C=O) groups excluding carboxylic acids is 1. The zero-order valence-electron chi connectivity index (χ0n) is 16.1. The number of likely N-dealkylation sites (tertiary alicyclic amines) is 1. The number of benzene rings is 2. The van der Waals surface area contributed by atoms with Crippen molar-refractivity contribution >= 4 is 5.91 Å². The topological polar surface area (TPSA) is 68.5 Å². The van der Waals surface area contributed by atoms with E-state index in [1.165, 1.54) is 6.42 Å². The SMILES string of the molecule is COc1ccc(-c2noc(-c3ccccc3C(=O)N3CCCC[C@@H]3C)n2)cc1. The van der Waals surface area contributed by atoms with Crippen molar-refractivity contribution in [1.82, 2.24) is 15.0 Å². The Kier molecular flexibility index (Phi) is 5.10. The fraction of sp³-hybridized carbons (Fsp3) is 0.318. The van der Waals surface area contributed by atoms with E-state index in [2.05, 4.69) is 17.1 Å². The highest BCUT2D eigenvalue weighted by Crippen LogP contribution is 2.28. The Labute approximate surface area is 164 Å². The zero-order valence-corrected chi connectivity index (χ0v) is 16.1. The van der Waals surface area contributed by atoms with Crippen molar-refractivity contribution in [3.8, 4) is 28.6 Å². The maximum atomic E-state index is 13.2. The molecule has 0 aliphatic carbocycles. The van der Waals surface area contributed by atoms with E-state index in [1.807, 2.05) is 53.4 Å². The molecule has 144 valence electrons. The van der Waals surface area contributed by atoms with E-state index in [0.29, 0.717) is 22.8 Å². The second-order valence-electron chi connectivity index (χ2n) is 7.04. The molecule has 0 unspecified atom stereocenters. The normalized spacial score (nSPS) is 16.8. The lowest BCUT2D eigenvalue weighted by molar-refractivity contribution is 0.0636. The highest BCUT2D eigenvalue weighted by Gasteiger charge is 2.27. The Balaban J connectivity index is 1.65. The molecule has 2 aromatic carbocycles. The van der Waals surface area contributed by atoms with E-state index in [-0.39, 0.29) is 11.9 Å². The first-order chi connectivity index (χ1) is 13.7. The number of amides is 1. The molecule has 1 amide bonds. The van der Waals surface area contributed by atoms with Crippen LogP contribution in [0.1, 0.15) is 36.5 Å². The van der Waals surface area contributed by atoms with Crippen molar-refractivity contribution in [2.24, 2.45) is 0 Å². The third-order valence-corrected chi connectivity index (χ3v) is 5.23. The maximum Gasteiger partial charge on any atom is 0.259 e. The predicted molar refractivity (Wildman–Crippen MR) is 106 cm³/mol. The van der Waals surface area contributed by atoms with Crippen LogP contribution < -0.4 is 4.74 Å². The number of carbonyl (C=O) groups is 1. The molecule has 28 heavy (non-hydrogen) atoms. The predicted octanol–water partition coefficient (Wildman–Crippen LogP) is 4.43. The molecule has 0 radical (unpaired) electrons. The van der Waals surface area contributed by atoms with Gasteiger partial charge in [-0.05, 0) is 62.6 Å². The fourth-order valence-corrected chi connectivity index (χ4v) is 3.60. The van der Waals surface area contributed by atoms with E-state index in [0.717, 1.165) is 30.7 Å². The molecule has 0 spiro atoms. The summed E-state index contributed by atoms with van der Waals surface area (Å²) in [5.41, 5.74) is 2.09. The van der Waals surface area contributed by atoms with Crippen molar-refractivity contribution in [3.05, 3.63) is 54.1 Å². The molecule has 1 fully saturated rings. The molecule has 0 N–H and O–H groups in total. The third-order valence-electron chi connectivity index (χ3n) is 5.23. The number of ether oxygens (including phenoxy) is 1. The summed E-state index contributed by atoms with van der Waals surface area (Å²) in [6.45, 7) is 2.89. The first-order valence-electron chi connectivity index (χ1n) is 9.56. The lowest BCUT2D eigenvalue weighted by Gasteiger charge is -2.33. The van der Waals surface area contributed by atoms with Gasteiger partial charge >= 0.3 is 0 Å². The van der Waals surface area contributed by atoms with Crippen molar-refractivity contribution in [3.63, 3.8) is 0 Å². The molecule has 1 aromatic heterocycles. The van der Waals surface area contributed by atoms with Crippen LogP contribution in [0.2, 0.25) is 0 Å². The lowest BCUT2D eigenvalue weighted by atomic mass is 10.00. The average Bonchev–Trinajstić information content (AvgIpc) is 3.24. The van der Waals surface area contributed by atoms with Gasteiger partial charge < -0.3 is 14.2 Å². The largest absolute Gasteiger partial charge is 0.497 e. The van der Waals surface area contributed by atoms with Crippen LogP contribution in [0.4, 0.5) is 0 Å². The third kappa shape index (κ3) is 3.50. The van der Waals surface area contributed by atoms with Gasteiger partial charge in [0.1, 0.15) is 5.75 Å². The fourth-order valence-electron chi connectivity index (χ4n) is 3.60. The Morgan fingerprint density at radius 1 is 1.14 bits per heavy atom. The van der Waals surface area contributed by atoms with Crippen LogP contribution in [0.5, 0.6) is 5.75 Å². The molecule has 3 aromatic rings.